The summed E-state index contributed by atoms with van der Waals surface area (Å²) in [5.74, 6) is -0.493. The molecule has 0 saturated heterocycles. The van der Waals surface area contributed by atoms with Gasteiger partial charge in [0.2, 0.25) is 21.8 Å². The lowest BCUT2D eigenvalue weighted by molar-refractivity contribution is -0.139. The number of anilines is 1. The Morgan fingerprint density at radius 1 is 1.00 bits per heavy atom. The van der Waals surface area contributed by atoms with Crippen LogP contribution in [0.5, 0.6) is 5.75 Å². The molecule has 0 aliphatic heterocycles. The first kappa shape index (κ1) is 28.0. The lowest BCUT2D eigenvalue weighted by Gasteiger charge is -2.33. The van der Waals surface area contributed by atoms with Gasteiger partial charge < -0.3 is 15.0 Å². The Kier molecular flexibility index (Phi) is 9.54. The minimum Gasteiger partial charge on any atom is -0.497 e. The molecule has 0 aliphatic carbocycles. The summed E-state index contributed by atoms with van der Waals surface area (Å²) >= 11 is 6.40. The van der Waals surface area contributed by atoms with Gasteiger partial charge in [0.15, 0.2) is 0 Å². The van der Waals surface area contributed by atoms with Gasteiger partial charge in [-0.2, -0.15) is 0 Å². The van der Waals surface area contributed by atoms with Crippen molar-refractivity contribution in [1.29, 1.82) is 0 Å². The topological polar surface area (TPSA) is 96.0 Å². The molecule has 3 aromatic carbocycles. The molecule has 0 unspecified atom stereocenters. The van der Waals surface area contributed by atoms with Crippen molar-refractivity contribution in [2.45, 2.75) is 19.0 Å². The molecule has 1 N–H and O–H groups in total. The van der Waals surface area contributed by atoms with Crippen LogP contribution >= 0.6 is 11.6 Å². The van der Waals surface area contributed by atoms with Crippen molar-refractivity contribution in [1.82, 2.24) is 10.2 Å². The van der Waals surface area contributed by atoms with Crippen LogP contribution in [0.15, 0.2) is 78.9 Å². The number of carbonyl (C=O) groups is 2. The number of carbonyl (C=O) groups excluding carboxylic acids is 2. The summed E-state index contributed by atoms with van der Waals surface area (Å²) in [6, 6.07) is 21.8. The highest BCUT2D eigenvalue weighted by Gasteiger charge is 2.33. The fraction of sp³-hybridized carbons (Fsp3) is 0.259. The number of halogens is 1. The van der Waals surface area contributed by atoms with Crippen molar-refractivity contribution in [2.75, 3.05) is 31.3 Å². The number of sulfonamides is 1. The maximum absolute atomic E-state index is 13.9. The Bertz CT molecular complexity index is 1330. The van der Waals surface area contributed by atoms with E-state index in [-0.39, 0.29) is 24.6 Å². The zero-order valence-corrected chi connectivity index (χ0v) is 22.5. The molecule has 0 spiro atoms. The van der Waals surface area contributed by atoms with Gasteiger partial charge in [-0.25, -0.2) is 8.42 Å². The highest BCUT2D eigenvalue weighted by atomic mass is 35.5. The van der Waals surface area contributed by atoms with Crippen molar-refractivity contribution in [3.63, 3.8) is 0 Å². The number of benzene rings is 3. The van der Waals surface area contributed by atoms with Crippen molar-refractivity contribution in [2.24, 2.45) is 0 Å². The lowest BCUT2D eigenvalue weighted by Crippen LogP contribution is -2.52. The first-order valence-corrected chi connectivity index (χ1v) is 13.8. The van der Waals surface area contributed by atoms with Crippen LogP contribution in [0.3, 0.4) is 0 Å². The molecule has 0 aromatic heterocycles. The van der Waals surface area contributed by atoms with E-state index in [0.29, 0.717) is 16.3 Å². The molecule has 1 atom stereocenters. The lowest BCUT2D eigenvalue weighted by atomic mass is 10.0. The first-order valence-electron chi connectivity index (χ1n) is 11.5. The molecule has 37 heavy (non-hydrogen) atoms. The number of methoxy groups -OCH3 is 1. The summed E-state index contributed by atoms with van der Waals surface area (Å²) in [5.41, 5.74) is 1.75. The van der Waals surface area contributed by atoms with Crippen molar-refractivity contribution >= 4 is 39.1 Å². The molecule has 0 heterocycles. The maximum Gasteiger partial charge on any atom is 0.244 e. The molecule has 196 valence electrons. The van der Waals surface area contributed by atoms with Gasteiger partial charge in [-0.05, 0) is 29.3 Å². The maximum atomic E-state index is 13.9. The third-order valence-electron chi connectivity index (χ3n) is 5.84. The Morgan fingerprint density at radius 2 is 1.68 bits per heavy atom. The molecular formula is C27H30ClN3O5S. The van der Waals surface area contributed by atoms with E-state index in [1.54, 1.807) is 42.5 Å². The van der Waals surface area contributed by atoms with E-state index in [2.05, 4.69) is 5.32 Å². The fourth-order valence-corrected chi connectivity index (χ4v) is 4.95. The number of likely N-dealkylation sites (N-methyl/N-ethyl adjacent to an activating group) is 1. The zero-order chi connectivity index (χ0) is 27.0. The van der Waals surface area contributed by atoms with E-state index in [1.807, 2.05) is 30.3 Å². The van der Waals surface area contributed by atoms with Crippen LogP contribution in [-0.2, 0) is 32.6 Å². The Labute approximate surface area is 222 Å². The summed E-state index contributed by atoms with van der Waals surface area (Å²) < 4.78 is 31.8. The summed E-state index contributed by atoms with van der Waals surface area (Å²) in [5, 5.41) is 3.07. The molecule has 0 saturated carbocycles. The summed E-state index contributed by atoms with van der Waals surface area (Å²) in [6.45, 7) is -0.502. The number of hydrogen-bond donors (Lipinski definition) is 1. The largest absolute Gasteiger partial charge is 0.497 e. The highest BCUT2D eigenvalue weighted by Crippen LogP contribution is 2.25. The fourth-order valence-electron chi connectivity index (χ4n) is 3.91. The van der Waals surface area contributed by atoms with E-state index in [1.165, 1.54) is 25.1 Å². The third kappa shape index (κ3) is 7.47. The third-order valence-corrected chi connectivity index (χ3v) is 7.35. The Morgan fingerprint density at radius 3 is 2.30 bits per heavy atom. The number of nitrogens with zero attached hydrogens (tertiary/aromatic N) is 2. The second-order valence-electron chi connectivity index (χ2n) is 8.40. The monoisotopic (exact) mass is 543 g/mol. The Balaban J connectivity index is 2.04. The van der Waals surface area contributed by atoms with E-state index in [4.69, 9.17) is 16.3 Å². The van der Waals surface area contributed by atoms with Crippen LogP contribution in [-0.4, -0.2) is 58.1 Å². The average Bonchev–Trinajstić information content (AvgIpc) is 2.89. The van der Waals surface area contributed by atoms with E-state index in [9.17, 15) is 18.0 Å². The van der Waals surface area contributed by atoms with Gasteiger partial charge >= 0.3 is 0 Å². The highest BCUT2D eigenvalue weighted by molar-refractivity contribution is 7.92. The molecule has 0 fully saturated rings. The van der Waals surface area contributed by atoms with Crippen molar-refractivity contribution in [3.8, 4) is 5.75 Å². The molecule has 0 aliphatic rings. The second kappa shape index (κ2) is 12.6. The number of amides is 2. The van der Waals surface area contributed by atoms with E-state index >= 15 is 0 Å². The van der Waals surface area contributed by atoms with Crippen LogP contribution in [0.2, 0.25) is 5.02 Å². The molecule has 0 radical (unpaired) electrons. The number of nitrogens with one attached hydrogen (secondary N) is 1. The zero-order valence-electron chi connectivity index (χ0n) is 20.9. The smallest absolute Gasteiger partial charge is 0.244 e. The van der Waals surface area contributed by atoms with Gasteiger partial charge in [-0.1, -0.05) is 66.2 Å². The molecule has 0 bridgehead atoms. The van der Waals surface area contributed by atoms with Crippen LogP contribution in [0.1, 0.15) is 11.1 Å². The number of rotatable bonds is 11. The predicted octanol–water partition coefficient (Wildman–Crippen LogP) is 3.50. The normalized spacial score (nSPS) is 11.9. The second-order valence-corrected chi connectivity index (χ2v) is 10.7. The number of hydrogen-bond acceptors (Lipinski definition) is 5. The minimum atomic E-state index is -3.86. The van der Waals surface area contributed by atoms with Crippen LogP contribution in [0.25, 0.3) is 0 Å². The van der Waals surface area contributed by atoms with Crippen LogP contribution in [0.4, 0.5) is 5.69 Å². The van der Waals surface area contributed by atoms with Crippen molar-refractivity contribution < 1.29 is 22.7 Å². The van der Waals surface area contributed by atoms with Crippen molar-refractivity contribution in [3.05, 3.63) is 95.0 Å². The quantitative estimate of drug-likeness (QED) is 0.399. The first-order chi connectivity index (χ1) is 17.6. The molecule has 3 aromatic rings. The standard InChI is InChI=1S/C27H30ClN3O5S/c1-29-27(33)25(16-20-10-5-4-6-11-20)30(18-21-12-7-8-15-24(21)28)26(32)19-31(37(3,34)35)22-13-9-14-23(17-22)36-2/h4-15,17,25H,16,18-19H2,1-3H3,(H,29,33)/t25-/m0/s1. The molecule has 10 heteroatoms. The summed E-state index contributed by atoms with van der Waals surface area (Å²) in [6.07, 6.45) is 1.26. The van der Waals surface area contributed by atoms with Gasteiger partial charge in [-0.3, -0.25) is 13.9 Å². The average molecular weight is 544 g/mol. The Hall–Kier alpha value is -3.56. The van der Waals surface area contributed by atoms with Crippen LogP contribution < -0.4 is 14.4 Å². The van der Waals surface area contributed by atoms with E-state index < -0.39 is 28.5 Å². The SMILES string of the molecule is CNC(=O)[C@H](Cc1ccccc1)N(Cc1ccccc1Cl)C(=O)CN(c1cccc(OC)c1)S(C)(=O)=O. The van der Waals surface area contributed by atoms with Crippen LogP contribution in [0, 0.1) is 0 Å². The molecule has 3 rings (SSSR count). The summed E-state index contributed by atoms with van der Waals surface area (Å²) in [7, 11) is -0.892. The van der Waals surface area contributed by atoms with Gasteiger partial charge in [0.05, 0.1) is 19.1 Å². The van der Waals surface area contributed by atoms with Gasteiger partial charge in [-0.15, -0.1) is 0 Å². The molecular weight excluding hydrogens is 514 g/mol. The van der Waals surface area contributed by atoms with Gasteiger partial charge in [0, 0.05) is 31.1 Å². The predicted molar refractivity (Wildman–Crippen MR) is 145 cm³/mol. The summed E-state index contributed by atoms with van der Waals surface area (Å²) in [4.78, 5) is 28.3. The van der Waals surface area contributed by atoms with Gasteiger partial charge in [0.1, 0.15) is 18.3 Å². The minimum absolute atomic E-state index is 0.0130. The van der Waals surface area contributed by atoms with Gasteiger partial charge in [0.25, 0.3) is 0 Å². The molecule has 8 nitrogen and oxygen atoms in total. The molecule has 2 amide bonds. The van der Waals surface area contributed by atoms with E-state index in [0.717, 1.165) is 16.1 Å². The number of ether oxygens (including phenoxy) is 1.